The smallest absolute Gasteiger partial charge is 0.230 e. The van der Waals surface area contributed by atoms with E-state index in [9.17, 15) is 9.59 Å². The van der Waals surface area contributed by atoms with Gasteiger partial charge in [0.05, 0.1) is 11.6 Å². The Morgan fingerprint density at radius 2 is 2.15 bits per heavy atom. The van der Waals surface area contributed by atoms with E-state index in [1.165, 1.54) is 0 Å². The lowest BCUT2D eigenvalue weighted by atomic mass is 9.78. The van der Waals surface area contributed by atoms with Crippen LogP contribution in [0.3, 0.4) is 0 Å². The van der Waals surface area contributed by atoms with E-state index in [0.717, 1.165) is 28.6 Å². The molecule has 0 aliphatic carbocycles. The monoisotopic (exact) mass is 339 g/mol. The molecule has 0 aromatic heterocycles. The summed E-state index contributed by atoms with van der Waals surface area (Å²) in [5, 5.41) is 2.44. The Morgan fingerprint density at radius 3 is 2.75 bits per heavy atom. The Morgan fingerprint density at radius 1 is 1.40 bits per heavy atom. The van der Waals surface area contributed by atoms with E-state index in [0.29, 0.717) is 6.42 Å². The number of nitrogens with one attached hydrogen (secondary N) is 1. The molecule has 5 heteroatoms. The fraction of sp³-hybridized carbons (Fsp3) is 0.467. The van der Waals surface area contributed by atoms with Gasteiger partial charge >= 0.3 is 0 Å². The number of rotatable bonds is 4. The number of imide groups is 1. The van der Waals surface area contributed by atoms with Gasteiger partial charge in [-0.2, -0.15) is 0 Å². The Hall–Kier alpha value is -1.36. The highest BCUT2D eigenvalue weighted by atomic mass is 79.9. The number of ether oxygens (including phenoxy) is 1. The van der Waals surface area contributed by atoms with Crippen LogP contribution < -0.4 is 10.1 Å². The van der Waals surface area contributed by atoms with E-state index < -0.39 is 0 Å². The highest BCUT2D eigenvalue weighted by Crippen LogP contribution is 2.37. The van der Waals surface area contributed by atoms with Crippen molar-refractivity contribution in [3.05, 3.63) is 28.2 Å². The Balaban J connectivity index is 2.33. The highest BCUT2D eigenvalue weighted by Gasteiger charge is 2.36. The molecule has 1 aliphatic rings. The van der Waals surface area contributed by atoms with E-state index in [2.05, 4.69) is 21.2 Å². The average Bonchev–Trinajstić information content (AvgIpc) is 2.41. The molecule has 0 saturated carbocycles. The second kappa shape index (κ2) is 6.39. The molecule has 108 valence electrons. The highest BCUT2D eigenvalue weighted by molar-refractivity contribution is 9.10. The van der Waals surface area contributed by atoms with Gasteiger partial charge in [0, 0.05) is 18.3 Å². The standard InChI is InChI=1S/C15H18BrNO3/c1-3-4-10-11(8-14(18)17-15(10)19)9-5-6-13(20-2)12(16)7-9/h5-7,10-11H,3-4,8H2,1-2H3,(H,17,18,19). The summed E-state index contributed by atoms with van der Waals surface area (Å²) in [7, 11) is 1.61. The van der Waals surface area contributed by atoms with Gasteiger partial charge in [-0.3, -0.25) is 14.9 Å². The van der Waals surface area contributed by atoms with E-state index >= 15 is 0 Å². The van der Waals surface area contributed by atoms with Gasteiger partial charge in [0.2, 0.25) is 11.8 Å². The molecule has 1 aliphatic heterocycles. The Kier molecular flexibility index (Phi) is 4.81. The first-order chi connectivity index (χ1) is 9.56. The summed E-state index contributed by atoms with van der Waals surface area (Å²) >= 11 is 3.45. The van der Waals surface area contributed by atoms with Gasteiger partial charge in [-0.25, -0.2) is 0 Å². The molecule has 1 N–H and O–H groups in total. The van der Waals surface area contributed by atoms with Crippen molar-refractivity contribution in [1.29, 1.82) is 0 Å². The lowest BCUT2D eigenvalue weighted by molar-refractivity contribution is -0.137. The molecule has 0 spiro atoms. The van der Waals surface area contributed by atoms with Crippen molar-refractivity contribution in [2.45, 2.75) is 32.1 Å². The largest absolute Gasteiger partial charge is 0.496 e. The summed E-state index contributed by atoms with van der Waals surface area (Å²) < 4.78 is 6.05. The molecular formula is C15H18BrNO3. The molecule has 0 radical (unpaired) electrons. The summed E-state index contributed by atoms with van der Waals surface area (Å²) in [4.78, 5) is 23.7. The number of carbonyl (C=O) groups excluding carboxylic acids is 2. The third-order valence-corrected chi connectivity index (χ3v) is 4.31. The SMILES string of the molecule is CCCC1C(=O)NC(=O)CC1c1ccc(OC)c(Br)c1. The zero-order valence-electron chi connectivity index (χ0n) is 11.6. The lowest BCUT2D eigenvalue weighted by Gasteiger charge is -2.30. The van der Waals surface area contributed by atoms with Crippen molar-refractivity contribution in [1.82, 2.24) is 5.32 Å². The number of amides is 2. The summed E-state index contributed by atoms with van der Waals surface area (Å²) in [6.07, 6.45) is 2.06. The Bertz CT molecular complexity index is 530. The first kappa shape index (κ1) is 15.0. The molecule has 0 bridgehead atoms. The van der Waals surface area contributed by atoms with E-state index in [4.69, 9.17) is 4.74 Å². The number of hydrogen-bond acceptors (Lipinski definition) is 3. The predicted molar refractivity (Wildman–Crippen MR) is 79.6 cm³/mol. The normalized spacial score (nSPS) is 22.6. The van der Waals surface area contributed by atoms with Crippen molar-refractivity contribution < 1.29 is 14.3 Å². The van der Waals surface area contributed by atoms with Crippen molar-refractivity contribution in [3.63, 3.8) is 0 Å². The number of halogens is 1. The fourth-order valence-electron chi connectivity index (χ4n) is 2.71. The molecule has 2 amide bonds. The van der Waals surface area contributed by atoms with Gasteiger partial charge in [-0.05, 0) is 40.0 Å². The van der Waals surface area contributed by atoms with Crippen LogP contribution in [0, 0.1) is 5.92 Å². The van der Waals surface area contributed by atoms with Crippen LogP contribution in [-0.4, -0.2) is 18.9 Å². The number of carbonyl (C=O) groups is 2. The van der Waals surface area contributed by atoms with Crippen LogP contribution >= 0.6 is 15.9 Å². The molecule has 1 aromatic rings. The summed E-state index contributed by atoms with van der Waals surface area (Å²) in [6, 6.07) is 5.74. The zero-order valence-corrected chi connectivity index (χ0v) is 13.2. The van der Waals surface area contributed by atoms with Gasteiger partial charge in [0.15, 0.2) is 0 Å². The van der Waals surface area contributed by atoms with Crippen LogP contribution in [0.4, 0.5) is 0 Å². The zero-order chi connectivity index (χ0) is 14.7. The maximum absolute atomic E-state index is 12.0. The first-order valence-corrected chi connectivity index (χ1v) is 7.53. The van der Waals surface area contributed by atoms with E-state index in [1.54, 1.807) is 7.11 Å². The molecule has 2 atom stereocenters. The predicted octanol–water partition coefficient (Wildman–Crippen LogP) is 3.00. The number of methoxy groups -OCH3 is 1. The van der Waals surface area contributed by atoms with Crippen LogP contribution in [-0.2, 0) is 9.59 Å². The number of piperidine rings is 1. The molecule has 1 fully saturated rings. The van der Waals surface area contributed by atoms with Crippen LogP contribution in [0.25, 0.3) is 0 Å². The average molecular weight is 340 g/mol. The van der Waals surface area contributed by atoms with Crippen LogP contribution in [0.1, 0.15) is 37.7 Å². The fourth-order valence-corrected chi connectivity index (χ4v) is 3.27. The molecule has 20 heavy (non-hydrogen) atoms. The van der Waals surface area contributed by atoms with Crippen molar-refractivity contribution in [2.24, 2.45) is 5.92 Å². The molecule has 1 saturated heterocycles. The quantitative estimate of drug-likeness (QED) is 0.858. The third-order valence-electron chi connectivity index (χ3n) is 3.69. The van der Waals surface area contributed by atoms with Crippen molar-refractivity contribution in [2.75, 3.05) is 7.11 Å². The summed E-state index contributed by atoms with van der Waals surface area (Å²) in [6.45, 7) is 2.05. The van der Waals surface area contributed by atoms with Crippen LogP contribution in [0.15, 0.2) is 22.7 Å². The summed E-state index contributed by atoms with van der Waals surface area (Å²) in [5.74, 6) is 0.197. The Labute approximate surface area is 127 Å². The molecule has 1 aromatic carbocycles. The van der Waals surface area contributed by atoms with E-state index in [1.807, 2.05) is 25.1 Å². The summed E-state index contributed by atoms with van der Waals surface area (Å²) in [5.41, 5.74) is 0.999. The van der Waals surface area contributed by atoms with Gasteiger partial charge in [0.25, 0.3) is 0 Å². The second-order valence-corrected chi connectivity index (χ2v) is 5.87. The first-order valence-electron chi connectivity index (χ1n) is 6.74. The van der Waals surface area contributed by atoms with Crippen molar-refractivity contribution in [3.8, 4) is 5.75 Å². The minimum absolute atomic E-state index is 0.0570. The van der Waals surface area contributed by atoms with Gasteiger partial charge in [0.1, 0.15) is 5.75 Å². The molecule has 2 rings (SSSR count). The van der Waals surface area contributed by atoms with Crippen molar-refractivity contribution >= 4 is 27.7 Å². The van der Waals surface area contributed by atoms with Gasteiger partial charge in [-0.1, -0.05) is 19.4 Å². The number of benzene rings is 1. The minimum Gasteiger partial charge on any atom is -0.496 e. The molecular weight excluding hydrogens is 322 g/mol. The van der Waals surface area contributed by atoms with Crippen LogP contribution in [0.5, 0.6) is 5.75 Å². The topological polar surface area (TPSA) is 55.4 Å². The molecule has 2 unspecified atom stereocenters. The van der Waals surface area contributed by atoms with Gasteiger partial charge in [-0.15, -0.1) is 0 Å². The lowest BCUT2D eigenvalue weighted by Crippen LogP contribution is -2.44. The second-order valence-electron chi connectivity index (χ2n) is 5.01. The number of hydrogen-bond donors (Lipinski definition) is 1. The minimum atomic E-state index is -0.195. The van der Waals surface area contributed by atoms with E-state index in [-0.39, 0.29) is 23.7 Å². The maximum atomic E-state index is 12.0. The third kappa shape index (κ3) is 3.03. The molecule has 4 nitrogen and oxygen atoms in total. The maximum Gasteiger partial charge on any atom is 0.230 e. The molecule has 1 heterocycles. The van der Waals surface area contributed by atoms with Gasteiger partial charge < -0.3 is 4.74 Å². The van der Waals surface area contributed by atoms with Crippen LogP contribution in [0.2, 0.25) is 0 Å².